The molecule has 1 aromatic heterocycles. The molecule has 0 spiro atoms. The van der Waals surface area contributed by atoms with E-state index in [0.717, 1.165) is 11.4 Å². The van der Waals surface area contributed by atoms with E-state index in [1.165, 1.54) is 6.33 Å². The van der Waals surface area contributed by atoms with E-state index in [2.05, 4.69) is 20.6 Å². The third-order valence-electron chi connectivity index (χ3n) is 3.75. The normalized spacial score (nSPS) is 18.9. The third-order valence-corrected chi connectivity index (χ3v) is 5.52. The minimum Gasteiger partial charge on any atom is -0.491 e. The lowest BCUT2D eigenvalue weighted by Gasteiger charge is -2.13. The van der Waals surface area contributed by atoms with Crippen molar-refractivity contribution in [3.8, 4) is 5.75 Å². The number of rotatable bonds is 6. The highest BCUT2D eigenvalue weighted by atomic mass is 32.2. The van der Waals surface area contributed by atoms with Crippen molar-refractivity contribution in [1.82, 2.24) is 9.97 Å². The SMILES string of the molecule is CC(C)Oc1ccc(Nc2cc(NC3CCS(=O)(=O)C3)ncn2)cc1. The molecule has 2 heterocycles. The average molecular weight is 362 g/mol. The van der Waals surface area contributed by atoms with Crippen molar-refractivity contribution in [2.24, 2.45) is 0 Å². The van der Waals surface area contributed by atoms with Crippen LogP contribution in [0.3, 0.4) is 0 Å². The van der Waals surface area contributed by atoms with Crippen LogP contribution in [0.15, 0.2) is 36.7 Å². The smallest absolute Gasteiger partial charge is 0.152 e. The van der Waals surface area contributed by atoms with Gasteiger partial charge in [0.25, 0.3) is 0 Å². The predicted molar refractivity (Wildman–Crippen MR) is 98.2 cm³/mol. The van der Waals surface area contributed by atoms with Crippen LogP contribution in [0.5, 0.6) is 5.75 Å². The molecule has 1 unspecified atom stereocenters. The Labute approximate surface area is 147 Å². The summed E-state index contributed by atoms with van der Waals surface area (Å²) in [4.78, 5) is 8.36. The van der Waals surface area contributed by atoms with Gasteiger partial charge in [0.05, 0.1) is 17.6 Å². The fourth-order valence-electron chi connectivity index (χ4n) is 2.66. The van der Waals surface area contributed by atoms with Gasteiger partial charge in [-0.2, -0.15) is 0 Å². The highest BCUT2D eigenvalue weighted by Gasteiger charge is 2.27. The van der Waals surface area contributed by atoms with Crippen molar-refractivity contribution in [2.75, 3.05) is 22.1 Å². The summed E-state index contributed by atoms with van der Waals surface area (Å²) in [5.74, 6) is 2.44. The zero-order valence-electron chi connectivity index (χ0n) is 14.3. The number of nitrogens with zero attached hydrogens (tertiary/aromatic N) is 2. The molecule has 1 atom stereocenters. The van der Waals surface area contributed by atoms with E-state index in [1.807, 2.05) is 38.1 Å². The number of ether oxygens (including phenoxy) is 1. The zero-order valence-corrected chi connectivity index (χ0v) is 15.1. The second-order valence-corrected chi connectivity index (χ2v) is 8.58. The molecule has 134 valence electrons. The van der Waals surface area contributed by atoms with Crippen LogP contribution in [0.25, 0.3) is 0 Å². The Morgan fingerprint density at radius 3 is 2.52 bits per heavy atom. The Hall–Kier alpha value is -2.35. The predicted octanol–water partition coefficient (Wildman–Crippen LogP) is 2.61. The van der Waals surface area contributed by atoms with E-state index >= 15 is 0 Å². The number of benzene rings is 1. The maximum absolute atomic E-state index is 11.5. The van der Waals surface area contributed by atoms with E-state index < -0.39 is 9.84 Å². The summed E-state index contributed by atoms with van der Waals surface area (Å²) in [6.07, 6.45) is 2.19. The monoisotopic (exact) mass is 362 g/mol. The highest BCUT2D eigenvalue weighted by Crippen LogP contribution is 2.22. The first kappa shape index (κ1) is 17.5. The van der Waals surface area contributed by atoms with E-state index in [4.69, 9.17) is 4.74 Å². The van der Waals surface area contributed by atoms with Crippen LogP contribution in [0, 0.1) is 0 Å². The molecule has 0 bridgehead atoms. The molecular weight excluding hydrogens is 340 g/mol. The lowest BCUT2D eigenvalue weighted by molar-refractivity contribution is 0.242. The van der Waals surface area contributed by atoms with Crippen LogP contribution in [-0.2, 0) is 9.84 Å². The quantitative estimate of drug-likeness (QED) is 0.816. The molecule has 1 fully saturated rings. The van der Waals surface area contributed by atoms with Gasteiger partial charge in [-0.05, 0) is 44.5 Å². The van der Waals surface area contributed by atoms with Gasteiger partial charge in [-0.15, -0.1) is 0 Å². The van der Waals surface area contributed by atoms with Gasteiger partial charge in [0, 0.05) is 17.8 Å². The van der Waals surface area contributed by atoms with Gasteiger partial charge in [-0.3, -0.25) is 0 Å². The summed E-state index contributed by atoms with van der Waals surface area (Å²) < 4.78 is 28.7. The van der Waals surface area contributed by atoms with Gasteiger partial charge in [0.2, 0.25) is 0 Å². The topological polar surface area (TPSA) is 93.2 Å². The van der Waals surface area contributed by atoms with E-state index in [9.17, 15) is 8.42 Å². The molecule has 7 nitrogen and oxygen atoms in total. The van der Waals surface area contributed by atoms with Crippen molar-refractivity contribution in [1.29, 1.82) is 0 Å². The van der Waals surface area contributed by atoms with Crippen molar-refractivity contribution in [2.45, 2.75) is 32.4 Å². The number of hydrogen-bond donors (Lipinski definition) is 2. The van der Waals surface area contributed by atoms with Crippen LogP contribution in [0.1, 0.15) is 20.3 Å². The average Bonchev–Trinajstić information content (AvgIpc) is 2.88. The molecule has 2 aromatic rings. The van der Waals surface area contributed by atoms with E-state index in [-0.39, 0.29) is 23.7 Å². The molecule has 1 aliphatic rings. The highest BCUT2D eigenvalue weighted by molar-refractivity contribution is 7.91. The van der Waals surface area contributed by atoms with Gasteiger partial charge in [0.1, 0.15) is 23.7 Å². The number of aromatic nitrogens is 2. The van der Waals surface area contributed by atoms with Gasteiger partial charge in [0.15, 0.2) is 9.84 Å². The number of nitrogens with one attached hydrogen (secondary N) is 2. The standard InChI is InChI=1S/C17H22N4O3S/c1-12(2)24-15-5-3-13(4-6-15)20-16-9-17(19-11-18-16)21-14-7-8-25(22,23)10-14/h3-6,9,11-12,14H,7-8,10H2,1-2H3,(H2,18,19,20,21). The van der Waals surface area contributed by atoms with E-state index in [1.54, 1.807) is 6.07 Å². The molecule has 0 aliphatic carbocycles. The molecule has 1 saturated heterocycles. The lowest BCUT2D eigenvalue weighted by atomic mass is 10.2. The first-order valence-electron chi connectivity index (χ1n) is 8.22. The Bertz CT molecular complexity index is 822. The van der Waals surface area contributed by atoms with Crippen molar-refractivity contribution >= 4 is 27.2 Å². The van der Waals surface area contributed by atoms with Gasteiger partial charge in [-0.25, -0.2) is 18.4 Å². The van der Waals surface area contributed by atoms with Gasteiger partial charge < -0.3 is 15.4 Å². The largest absolute Gasteiger partial charge is 0.491 e. The molecule has 0 amide bonds. The fraction of sp³-hybridized carbons (Fsp3) is 0.412. The first-order chi connectivity index (χ1) is 11.9. The third kappa shape index (κ3) is 5.06. The number of anilines is 3. The maximum atomic E-state index is 11.5. The molecule has 1 aromatic carbocycles. The molecule has 1 aliphatic heterocycles. The lowest BCUT2D eigenvalue weighted by Crippen LogP contribution is -2.21. The second-order valence-electron chi connectivity index (χ2n) is 6.35. The van der Waals surface area contributed by atoms with Crippen LogP contribution in [0.4, 0.5) is 17.3 Å². The van der Waals surface area contributed by atoms with Crippen LogP contribution < -0.4 is 15.4 Å². The molecule has 3 rings (SSSR count). The second kappa shape index (κ2) is 7.26. The van der Waals surface area contributed by atoms with Crippen LogP contribution >= 0.6 is 0 Å². The molecule has 2 N–H and O–H groups in total. The van der Waals surface area contributed by atoms with Gasteiger partial charge in [-0.1, -0.05) is 0 Å². The summed E-state index contributed by atoms with van der Waals surface area (Å²) in [7, 11) is -2.92. The Morgan fingerprint density at radius 2 is 1.88 bits per heavy atom. The molecular formula is C17H22N4O3S. The molecule has 8 heteroatoms. The minimum atomic E-state index is -2.92. The van der Waals surface area contributed by atoms with E-state index in [0.29, 0.717) is 18.1 Å². The molecule has 0 radical (unpaired) electrons. The van der Waals surface area contributed by atoms with Crippen LogP contribution in [0.2, 0.25) is 0 Å². The fourth-order valence-corrected chi connectivity index (χ4v) is 4.33. The minimum absolute atomic E-state index is 0.0970. The Kier molecular flexibility index (Phi) is 5.08. The molecule has 0 saturated carbocycles. The maximum Gasteiger partial charge on any atom is 0.152 e. The zero-order chi connectivity index (χ0) is 17.9. The van der Waals surface area contributed by atoms with Crippen molar-refractivity contribution in [3.05, 3.63) is 36.7 Å². The Morgan fingerprint density at radius 1 is 1.16 bits per heavy atom. The Balaban J connectivity index is 1.63. The molecule has 25 heavy (non-hydrogen) atoms. The summed E-state index contributed by atoms with van der Waals surface area (Å²) in [6, 6.07) is 9.29. The number of sulfone groups is 1. The first-order valence-corrected chi connectivity index (χ1v) is 10.0. The van der Waals surface area contributed by atoms with Crippen molar-refractivity contribution < 1.29 is 13.2 Å². The summed E-state index contributed by atoms with van der Waals surface area (Å²) in [5, 5.41) is 6.36. The summed E-state index contributed by atoms with van der Waals surface area (Å²) in [6.45, 7) is 3.97. The van der Waals surface area contributed by atoms with Gasteiger partial charge >= 0.3 is 0 Å². The van der Waals surface area contributed by atoms with Crippen LogP contribution in [-0.4, -0.2) is 42.0 Å². The summed E-state index contributed by atoms with van der Waals surface area (Å²) in [5.41, 5.74) is 0.879. The van der Waals surface area contributed by atoms with Crippen molar-refractivity contribution in [3.63, 3.8) is 0 Å². The summed E-state index contributed by atoms with van der Waals surface area (Å²) >= 11 is 0. The number of hydrogen-bond acceptors (Lipinski definition) is 7.